The lowest BCUT2D eigenvalue weighted by Gasteiger charge is -2.38. The van der Waals surface area contributed by atoms with Gasteiger partial charge in [-0.2, -0.15) is 0 Å². The number of carbonyl (C=O) groups is 1. The predicted octanol–water partition coefficient (Wildman–Crippen LogP) is 5.50. The van der Waals surface area contributed by atoms with E-state index in [1.807, 2.05) is 23.6 Å². The molecule has 1 aromatic rings. The monoisotopic (exact) mass is 514 g/mol. The fourth-order valence-electron chi connectivity index (χ4n) is 4.90. The lowest BCUT2D eigenvalue weighted by Crippen LogP contribution is -2.34. The molecule has 2 atom stereocenters. The molecule has 0 spiro atoms. The van der Waals surface area contributed by atoms with Crippen LogP contribution in [-0.4, -0.2) is 55.4 Å². The maximum atomic E-state index is 13.0. The molecule has 1 aliphatic carbocycles. The van der Waals surface area contributed by atoms with Crippen LogP contribution in [0, 0.1) is 16.7 Å². The number of aromatic carboxylic acids is 1. The molecule has 37 heavy (non-hydrogen) atoms. The van der Waals surface area contributed by atoms with Gasteiger partial charge in [0.2, 0.25) is 0 Å². The van der Waals surface area contributed by atoms with Crippen molar-refractivity contribution in [2.75, 3.05) is 34.0 Å². The van der Waals surface area contributed by atoms with Crippen LogP contribution in [0.4, 0.5) is 0 Å². The van der Waals surface area contributed by atoms with Crippen molar-refractivity contribution >= 4 is 17.3 Å². The number of nitrogens with one attached hydrogen (secondary N) is 1. The van der Waals surface area contributed by atoms with Crippen LogP contribution in [0.2, 0.25) is 0 Å². The van der Waals surface area contributed by atoms with Crippen molar-refractivity contribution in [1.82, 2.24) is 4.57 Å². The second kappa shape index (κ2) is 13.5. The average Bonchev–Trinajstić information content (AvgIpc) is 2.84. The topological polar surface area (TPSA) is 111 Å². The minimum atomic E-state index is -1.26. The number of aromatic nitrogens is 1. The molecule has 0 saturated heterocycles. The first-order chi connectivity index (χ1) is 17.5. The third-order valence-electron chi connectivity index (χ3n) is 6.90. The Bertz CT molecular complexity index is 1130. The standard InChI is InChI=1S/C29H42N2O6/c1-8-19(3)26(20-12-10-13-24(27(20)30)37-15-11-14-35-6)22-16-23(32)21(28(33)34)17-31(22)25(9-2)29(4,5)18-36-7/h10,12-13,16-17,19,25,30H,8-9,11,14-15,18H2,1-7H3,(H,33,34)/b26-20+,30-27?. The number of pyridine rings is 1. The van der Waals surface area contributed by atoms with E-state index in [-0.39, 0.29) is 28.6 Å². The summed E-state index contributed by atoms with van der Waals surface area (Å²) in [5, 5.41) is 18.7. The Hall–Kier alpha value is -2.97. The summed E-state index contributed by atoms with van der Waals surface area (Å²) in [6.45, 7) is 11.7. The van der Waals surface area contributed by atoms with E-state index in [0.29, 0.717) is 49.7 Å². The van der Waals surface area contributed by atoms with Crippen molar-refractivity contribution in [3.63, 3.8) is 0 Å². The molecule has 1 heterocycles. The van der Waals surface area contributed by atoms with Crippen molar-refractivity contribution in [1.29, 1.82) is 5.41 Å². The highest BCUT2D eigenvalue weighted by atomic mass is 16.5. The summed E-state index contributed by atoms with van der Waals surface area (Å²) in [7, 11) is 3.28. The first-order valence-corrected chi connectivity index (χ1v) is 12.9. The van der Waals surface area contributed by atoms with Gasteiger partial charge in [-0.3, -0.25) is 10.2 Å². The molecule has 2 unspecified atom stereocenters. The average molecular weight is 515 g/mol. The number of methoxy groups -OCH3 is 2. The summed E-state index contributed by atoms with van der Waals surface area (Å²) in [5.41, 5.74) is 1.13. The van der Waals surface area contributed by atoms with Crippen LogP contribution in [0.3, 0.4) is 0 Å². The Morgan fingerprint density at radius 2 is 1.86 bits per heavy atom. The van der Waals surface area contributed by atoms with Gasteiger partial charge in [-0.25, -0.2) is 4.79 Å². The van der Waals surface area contributed by atoms with Crippen LogP contribution in [0.25, 0.3) is 5.57 Å². The van der Waals surface area contributed by atoms with E-state index in [4.69, 9.17) is 19.6 Å². The van der Waals surface area contributed by atoms with Gasteiger partial charge in [-0.1, -0.05) is 46.8 Å². The SMILES string of the molecule is CCC(C)/C(=C1/C=CC=C(OCCCOC)C1=N)c1cc(=O)c(C(=O)O)cn1C(CC)C(C)(C)COC. The Kier molecular flexibility index (Phi) is 11.1. The number of nitrogens with zero attached hydrogens (tertiary/aromatic N) is 1. The maximum absolute atomic E-state index is 13.0. The fourth-order valence-corrected chi connectivity index (χ4v) is 4.90. The number of hydrogen-bond donors (Lipinski definition) is 2. The van der Waals surface area contributed by atoms with Crippen LogP contribution in [0.5, 0.6) is 0 Å². The number of carboxylic acids is 1. The van der Waals surface area contributed by atoms with Gasteiger partial charge in [-0.15, -0.1) is 0 Å². The summed E-state index contributed by atoms with van der Waals surface area (Å²) in [6, 6.07) is 1.25. The van der Waals surface area contributed by atoms with Gasteiger partial charge >= 0.3 is 5.97 Å². The van der Waals surface area contributed by atoms with Crippen molar-refractivity contribution in [2.45, 2.75) is 59.9 Å². The molecule has 0 fully saturated rings. The number of hydrogen-bond acceptors (Lipinski definition) is 6. The van der Waals surface area contributed by atoms with Crippen molar-refractivity contribution < 1.29 is 24.1 Å². The second-order valence-electron chi connectivity index (χ2n) is 10.1. The molecule has 8 nitrogen and oxygen atoms in total. The van der Waals surface area contributed by atoms with Crippen LogP contribution in [-0.2, 0) is 14.2 Å². The molecule has 0 aliphatic heterocycles. The van der Waals surface area contributed by atoms with Crippen molar-refractivity contribution in [3.8, 4) is 0 Å². The smallest absolute Gasteiger partial charge is 0.341 e. The molecule has 0 radical (unpaired) electrons. The second-order valence-corrected chi connectivity index (χ2v) is 10.1. The first kappa shape index (κ1) is 30.3. The van der Waals surface area contributed by atoms with E-state index in [1.54, 1.807) is 20.3 Å². The van der Waals surface area contributed by atoms with Gasteiger partial charge in [0, 0.05) is 62.2 Å². The Morgan fingerprint density at radius 1 is 1.16 bits per heavy atom. The summed E-state index contributed by atoms with van der Waals surface area (Å²) in [6.07, 6.45) is 9.10. The summed E-state index contributed by atoms with van der Waals surface area (Å²) in [5.74, 6) is -0.822. The summed E-state index contributed by atoms with van der Waals surface area (Å²) < 4.78 is 18.4. The van der Waals surface area contributed by atoms with Gasteiger partial charge in [0.1, 0.15) is 17.0 Å². The van der Waals surface area contributed by atoms with Crippen LogP contribution in [0.1, 0.15) is 76.0 Å². The minimum absolute atomic E-state index is 0.0165. The zero-order valence-electron chi connectivity index (χ0n) is 23.2. The van der Waals surface area contributed by atoms with Crippen LogP contribution in [0.15, 0.2) is 46.6 Å². The summed E-state index contributed by atoms with van der Waals surface area (Å²) >= 11 is 0. The normalized spacial score (nSPS) is 16.8. The first-order valence-electron chi connectivity index (χ1n) is 12.9. The van der Waals surface area contributed by atoms with E-state index in [0.717, 1.165) is 12.0 Å². The summed E-state index contributed by atoms with van der Waals surface area (Å²) in [4.78, 5) is 25.0. The molecule has 0 bridgehead atoms. The molecule has 2 rings (SSSR count). The molecule has 1 aromatic heterocycles. The highest BCUT2D eigenvalue weighted by Gasteiger charge is 2.33. The number of rotatable bonds is 14. The Balaban J connectivity index is 2.81. The highest BCUT2D eigenvalue weighted by molar-refractivity contribution is 6.16. The number of ether oxygens (including phenoxy) is 3. The molecule has 0 aromatic carbocycles. The van der Waals surface area contributed by atoms with Crippen molar-refractivity contribution in [3.05, 3.63) is 63.3 Å². The highest BCUT2D eigenvalue weighted by Crippen LogP contribution is 2.39. The van der Waals surface area contributed by atoms with Gasteiger partial charge in [-0.05, 0) is 30.4 Å². The van der Waals surface area contributed by atoms with Gasteiger partial charge in [0.15, 0.2) is 5.43 Å². The lowest BCUT2D eigenvalue weighted by atomic mass is 9.81. The molecule has 8 heteroatoms. The third kappa shape index (κ3) is 7.08. The zero-order chi connectivity index (χ0) is 27.8. The molecule has 2 N–H and O–H groups in total. The Morgan fingerprint density at radius 3 is 2.43 bits per heavy atom. The van der Waals surface area contributed by atoms with E-state index in [9.17, 15) is 14.7 Å². The van der Waals surface area contributed by atoms with Crippen LogP contribution < -0.4 is 5.43 Å². The predicted molar refractivity (Wildman–Crippen MR) is 146 cm³/mol. The number of carboxylic acid groups (broad SMARTS) is 1. The zero-order valence-corrected chi connectivity index (χ0v) is 23.2. The van der Waals surface area contributed by atoms with Crippen molar-refractivity contribution in [2.24, 2.45) is 11.3 Å². The Labute approximate surface area is 220 Å². The maximum Gasteiger partial charge on any atom is 0.341 e. The fraction of sp³-hybridized carbons (Fsp3) is 0.552. The molecular formula is C29H42N2O6. The van der Waals surface area contributed by atoms with Crippen LogP contribution >= 0.6 is 0 Å². The van der Waals surface area contributed by atoms with E-state index < -0.39 is 11.4 Å². The quantitative estimate of drug-likeness (QED) is 0.317. The molecular weight excluding hydrogens is 472 g/mol. The van der Waals surface area contributed by atoms with Gasteiger partial charge < -0.3 is 23.9 Å². The molecule has 0 amide bonds. The molecule has 0 saturated carbocycles. The van der Waals surface area contributed by atoms with E-state index in [1.165, 1.54) is 12.3 Å². The van der Waals surface area contributed by atoms with E-state index >= 15 is 0 Å². The molecule has 204 valence electrons. The van der Waals surface area contributed by atoms with E-state index in [2.05, 4.69) is 27.7 Å². The largest absolute Gasteiger partial charge is 0.491 e. The molecule has 1 aliphatic rings. The van der Waals surface area contributed by atoms with Gasteiger partial charge in [0.25, 0.3) is 0 Å². The minimum Gasteiger partial charge on any atom is -0.491 e. The van der Waals surface area contributed by atoms with Gasteiger partial charge in [0.05, 0.1) is 13.2 Å². The lowest BCUT2D eigenvalue weighted by molar-refractivity contribution is 0.0602. The third-order valence-corrected chi connectivity index (χ3v) is 6.90. The number of allylic oxidation sites excluding steroid dienone is 5.